The SMILES string of the molecule is Cc1[nH]c(C(=O)OCC(=O)N[C@H](C)c2ccc3c(c2)OCO3)c(C)c1C(=O)OC(C)C. The molecule has 1 aliphatic heterocycles. The van der Waals surface area contributed by atoms with Gasteiger partial charge in [-0.25, -0.2) is 9.59 Å². The number of aryl methyl sites for hydroxylation is 1. The second-order valence-electron chi connectivity index (χ2n) is 7.56. The zero-order chi connectivity index (χ0) is 22.7. The summed E-state index contributed by atoms with van der Waals surface area (Å²) in [6, 6.07) is 5.07. The predicted molar refractivity (Wildman–Crippen MR) is 110 cm³/mol. The maximum absolute atomic E-state index is 12.4. The molecular weight excluding hydrogens is 404 g/mol. The number of nitrogens with one attached hydrogen (secondary N) is 2. The average Bonchev–Trinajstić information content (AvgIpc) is 3.28. The van der Waals surface area contributed by atoms with Gasteiger partial charge in [0.25, 0.3) is 5.91 Å². The minimum absolute atomic E-state index is 0.116. The molecule has 2 N–H and O–H groups in total. The third-order valence-corrected chi connectivity index (χ3v) is 4.80. The van der Waals surface area contributed by atoms with Crippen LogP contribution in [0.25, 0.3) is 0 Å². The lowest BCUT2D eigenvalue weighted by atomic mass is 10.1. The quantitative estimate of drug-likeness (QED) is 0.649. The number of amides is 1. The summed E-state index contributed by atoms with van der Waals surface area (Å²) < 4.78 is 21.0. The number of carbonyl (C=O) groups is 3. The van der Waals surface area contributed by atoms with E-state index in [0.717, 1.165) is 5.56 Å². The first-order valence-electron chi connectivity index (χ1n) is 9.93. The topological polar surface area (TPSA) is 116 Å². The van der Waals surface area contributed by atoms with E-state index in [2.05, 4.69) is 10.3 Å². The highest BCUT2D eigenvalue weighted by molar-refractivity contribution is 5.99. The van der Waals surface area contributed by atoms with Crippen molar-refractivity contribution in [2.45, 2.75) is 46.8 Å². The van der Waals surface area contributed by atoms with Gasteiger partial charge in [0.05, 0.1) is 17.7 Å². The lowest BCUT2D eigenvalue weighted by Crippen LogP contribution is -2.31. The van der Waals surface area contributed by atoms with Crippen LogP contribution >= 0.6 is 0 Å². The Morgan fingerprint density at radius 1 is 1.10 bits per heavy atom. The summed E-state index contributed by atoms with van der Waals surface area (Å²) in [5, 5.41) is 2.77. The number of aromatic amines is 1. The second kappa shape index (κ2) is 9.11. The summed E-state index contributed by atoms with van der Waals surface area (Å²) in [4.78, 5) is 39.8. The van der Waals surface area contributed by atoms with Crippen molar-refractivity contribution in [1.82, 2.24) is 10.3 Å². The highest BCUT2D eigenvalue weighted by Gasteiger charge is 2.25. The van der Waals surface area contributed by atoms with Crippen LogP contribution in [-0.4, -0.2) is 42.3 Å². The minimum Gasteiger partial charge on any atom is -0.459 e. The van der Waals surface area contributed by atoms with Crippen LogP contribution in [0.15, 0.2) is 18.2 Å². The summed E-state index contributed by atoms with van der Waals surface area (Å²) in [7, 11) is 0. The van der Waals surface area contributed by atoms with Crippen LogP contribution < -0.4 is 14.8 Å². The van der Waals surface area contributed by atoms with Crippen molar-refractivity contribution in [3.05, 3.63) is 46.3 Å². The molecule has 0 spiro atoms. The Morgan fingerprint density at radius 2 is 1.81 bits per heavy atom. The Bertz CT molecular complexity index is 1010. The molecule has 0 fully saturated rings. The van der Waals surface area contributed by atoms with Crippen LogP contribution in [0.5, 0.6) is 11.5 Å². The number of ether oxygens (including phenoxy) is 4. The van der Waals surface area contributed by atoms with Crippen molar-refractivity contribution >= 4 is 17.8 Å². The molecule has 0 saturated carbocycles. The molecule has 0 aliphatic carbocycles. The number of rotatable bonds is 7. The van der Waals surface area contributed by atoms with Gasteiger partial charge in [-0.1, -0.05) is 6.07 Å². The lowest BCUT2D eigenvalue weighted by Gasteiger charge is -2.15. The number of benzene rings is 1. The van der Waals surface area contributed by atoms with Gasteiger partial charge in [-0.15, -0.1) is 0 Å². The molecule has 2 aromatic rings. The summed E-state index contributed by atoms with van der Waals surface area (Å²) in [5.74, 6) is -0.427. The van der Waals surface area contributed by atoms with Gasteiger partial charge in [0.15, 0.2) is 18.1 Å². The molecule has 0 bridgehead atoms. The van der Waals surface area contributed by atoms with E-state index in [-0.39, 0.29) is 24.6 Å². The molecule has 9 heteroatoms. The second-order valence-corrected chi connectivity index (χ2v) is 7.56. The Labute approximate surface area is 180 Å². The number of H-pyrrole nitrogens is 1. The molecule has 1 aliphatic rings. The molecule has 0 radical (unpaired) electrons. The Kier molecular flexibility index (Phi) is 6.53. The van der Waals surface area contributed by atoms with Crippen LogP contribution in [0, 0.1) is 13.8 Å². The van der Waals surface area contributed by atoms with Gasteiger partial charge in [-0.05, 0) is 57.9 Å². The minimum atomic E-state index is -0.727. The normalized spacial score (nSPS) is 13.1. The van der Waals surface area contributed by atoms with Crippen molar-refractivity contribution in [2.75, 3.05) is 13.4 Å². The number of fused-ring (bicyclic) bond motifs is 1. The Hall–Kier alpha value is -3.49. The molecule has 1 atom stereocenters. The van der Waals surface area contributed by atoms with Gasteiger partial charge in [-0.3, -0.25) is 4.79 Å². The molecule has 166 valence electrons. The van der Waals surface area contributed by atoms with E-state index in [9.17, 15) is 14.4 Å². The van der Waals surface area contributed by atoms with Crippen LogP contribution in [0.1, 0.15) is 64.5 Å². The van der Waals surface area contributed by atoms with E-state index in [1.807, 2.05) is 13.0 Å². The first-order chi connectivity index (χ1) is 14.7. The fourth-order valence-electron chi connectivity index (χ4n) is 3.29. The number of hydrogen-bond acceptors (Lipinski definition) is 7. The number of carbonyl (C=O) groups excluding carboxylic acids is 3. The summed E-state index contributed by atoms with van der Waals surface area (Å²) in [5.41, 5.74) is 2.15. The van der Waals surface area contributed by atoms with Gasteiger partial charge >= 0.3 is 11.9 Å². The molecule has 2 heterocycles. The lowest BCUT2D eigenvalue weighted by molar-refractivity contribution is -0.124. The average molecular weight is 430 g/mol. The molecule has 1 aromatic heterocycles. The number of esters is 2. The Morgan fingerprint density at radius 3 is 2.52 bits per heavy atom. The third-order valence-electron chi connectivity index (χ3n) is 4.80. The van der Waals surface area contributed by atoms with Crippen LogP contribution in [-0.2, 0) is 14.3 Å². The molecule has 1 aromatic carbocycles. The van der Waals surface area contributed by atoms with E-state index < -0.39 is 24.5 Å². The first-order valence-corrected chi connectivity index (χ1v) is 9.93. The van der Waals surface area contributed by atoms with Crippen molar-refractivity contribution in [3.63, 3.8) is 0 Å². The van der Waals surface area contributed by atoms with Crippen LogP contribution in [0.3, 0.4) is 0 Å². The van der Waals surface area contributed by atoms with E-state index in [0.29, 0.717) is 28.3 Å². The molecule has 9 nitrogen and oxygen atoms in total. The first kappa shape index (κ1) is 22.2. The summed E-state index contributed by atoms with van der Waals surface area (Å²) in [6.45, 7) is 8.30. The van der Waals surface area contributed by atoms with Gasteiger partial charge < -0.3 is 29.2 Å². The number of aromatic nitrogens is 1. The van der Waals surface area contributed by atoms with Gasteiger partial charge in [0.1, 0.15) is 5.69 Å². The summed E-state index contributed by atoms with van der Waals surface area (Å²) in [6.07, 6.45) is -0.285. The van der Waals surface area contributed by atoms with Crippen molar-refractivity contribution in [3.8, 4) is 11.5 Å². The molecule has 0 unspecified atom stereocenters. The third kappa shape index (κ3) is 4.99. The number of hydrogen-bond donors (Lipinski definition) is 2. The molecule has 31 heavy (non-hydrogen) atoms. The van der Waals surface area contributed by atoms with Crippen molar-refractivity contribution in [2.24, 2.45) is 0 Å². The molecule has 1 amide bonds. The zero-order valence-corrected chi connectivity index (χ0v) is 18.2. The monoisotopic (exact) mass is 430 g/mol. The molecule has 0 saturated heterocycles. The molecular formula is C22H26N2O7. The fraction of sp³-hybridized carbons (Fsp3) is 0.409. The van der Waals surface area contributed by atoms with E-state index in [1.165, 1.54) is 0 Å². The van der Waals surface area contributed by atoms with Crippen LogP contribution in [0.4, 0.5) is 0 Å². The van der Waals surface area contributed by atoms with Crippen molar-refractivity contribution in [1.29, 1.82) is 0 Å². The smallest absolute Gasteiger partial charge is 0.355 e. The highest BCUT2D eigenvalue weighted by Crippen LogP contribution is 2.34. The summed E-state index contributed by atoms with van der Waals surface area (Å²) >= 11 is 0. The van der Waals surface area contributed by atoms with Gasteiger partial charge in [0, 0.05) is 5.69 Å². The standard InChI is InChI=1S/C22H26N2O7/c1-11(2)31-21(26)19-12(3)20(24-14(19)5)22(27)28-9-18(25)23-13(4)15-6-7-16-17(8-15)30-10-29-16/h6-8,11,13,24H,9-10H2,1-5H3,(H,23,25)/t13-/m1/s1. The molecule has 3 rings (SSSR count). The van der Waals surface area contributed by atoms with E-state index in [4.69, 9.17) is 18.9 Å². The zero-order valence-electron chi connectivity index (χ0n) is 18.2. The highest BCUT2D eigenvalue weighted by atomic mass is 16.7. The fourth-order valence-corrected chi connectivity index (χ4v) is 3.29. The Balaban J connectivity index is 1.58. The van der Waals surface area contributed by atoms with E-state index in [1.54, 1.807) is 39.8 Å². The largest absolute Gasteiger partial charge is 0.459 e. The van der Waals surface area contributed by atoms with Crippen LogP contribution in [0.2, 0.25) is 0 Å². The van der Waals surface area contributed by atoms with E-state index >= 15 is 0 Å². The van der Waals surface area contributed by atoms with Crippen molar-refractivity contribution < 1.29 is 33.3 Å². The maximum Gasteiger partial charge on any atom is 0.355 e. The van der Waals surface area contributed by atoms with Gasteiger partial charge in [0.2, 0.25) is 6.79 Å². The predicted octanol–water partition coefficient (Wildman–Crippen LogP) is 2.96. The maximum atomic E-state index is 12.4. The van der Waals surface area contributed by atoms with Gasteiger partial charge in [-0.2, -0.15) is 0 Å².